The maximum atomic E-state index is 11.8. The van der Waals surface area contributed by atoms with E-state index in [1.165, 1.54) is 17.8 Å². The van der Waals surface area contributed by atoms with Crippen LogP contribution >= 0.6 is 0 Å². The topological polar surface area (TPSA) is 102 Å². The van der Waals surface area contributed by atoms with Gasteiger partial charge in [0.2, 0.25) is 11.8 Å². The van der Waals surface area contributed by atoms with Gasteiger partial charge in [-0.25, -0.2) is 0 Å². The second kappa shape index (κ2) is 5.87. The fourth-order valence-corrected chi connectivity index (χ4v) is 1.69. The van der Waals surface area contributed by atoms with Crippen molar-refractivity contribution in [2.45, 2.75) is 13.5 Å². The summed E-state index contributed by atoms with van der Waals surface area (Å²) in [6.07, 6.45) is 3.05. The smallest absolute Gasteiger partial charge is 0.246 e. The van der Waals surface area contributed by atoms with Crippen molar-refractivity contribution in [3.63, 3.8) is 0 Å². The minimum absolute atomic E-state index is 0.0710. The van der Waals surface area contributed by atoms with Crippen LogP contribution in [0, 0.1) is 0 Å². The van der Waals surface area contributed by atoms with Gasteiger partial charge in [-0.15, -0.1) is 0 Å². The molecule has 0 aliphatic rings. The molecule has 1 heterocycles. The summed E-state index contributed by atoms with van der Waals surface area (Å²) in [5.41, 5.74) is 7.25. The molecule has 0 spiro atoms. The van der Waals surface area contributed by atoms with Gasteiger partial charge < -0.3 is 16.4 Å². The first-order chi connectivity index (χ1) is 9.52. The van der Waals surface area contributed by atoms with Crippen molar-refractivity contribution in [1.82, 2.24) is 9.78 Å². The van der Waals surface area contributed by atoms with E-state index in [0.717, 1.165) is 0 Å². The van der Waals surface area contributed by atoms with Gasteiger partial charge in [-0.3, -0.25) is 14.3 Å². The lowest BCUT2D eigenvalue weighted by atomic mass is 10.2. The van der Waals surface area contributed by atoms with Crippen molar-refractivity contribution < 1.29 is 9.59 Å². The van der Waals surface area contributed by atoms with Crippen LogP contribution in [0.15, 0.2) is 36.7 Å². The summed E-state index contributed by atoms with van der Waals surface area (Å²) < 4.78 is 1.45. The minimum atomic E-state index is -0.229. The largest absolute Gasteiger partial charge is 0.396 e. The summed E-state index contributed by atoms with van der Waals surface area (Å²) >= 11 is 0. The van der Waals surface area contributed by atoms with Crippen LogP contribution in [-0.2, 0) is 16.1 Å². The monoisotopic (exact) mass is 273 g/mol. The fraction of sp³-hybridized carbons (Fsp3) is 0.154. The number of hydrogen-bond acceptors (Lipinski definition) is 4. The van der Waals surface area contributed by atoms with E-state index in [4.69, 9.17) is 5.73 Å². The van der Waals surface area contributed by atoms with Gasteiger partial charge in [0, 0.05) is 24.5 Å². The lowest BCUT2D eigenvalue weighted by Gasteiger charge is -2.07. The van der Waals surface area contributed by atoms with Crippen LogP contribution in [0.3, 0.4) is 0 Å². The highest BCUT2D eigenvalue weighted by atomic mass is 16.2. The fourth-order valence-electron chi connectivity index (χ4n) is 1.69. The van der Waals surface area contributed by atoms with E-state index >= 15 is 0 Å². The van der Waals surface area contributed by atoms with Crippen LogP contribution in [0.1, 0.15) is 6.92 Å². The summed E-state index contributed by atoms with van der Waals surface area (Å²) in [5.74, 6) is -0.395. The molecule has 2 amide bonds. The van der Waals surface area contributed by atoms with E-state index < -0.39 is 0 Å². The Labute approximate surface area is 115 Å². The second-order valence-corrected chi connectivity index (χ2v) is 4.28. The maximum absolute atomic E-state index is 11.8. The first-order valence-electron chi connectivity index (χ1n) is 5.98. The molecule has 0 fully saturated rings. The summed E-state index contributed by atoms with van der Waals surface area (Å²) in [5, 5.41) is 9.30. The molecule has 2 aromatic rings. The van der Waals surface area contributed by atoms with Crippen LogP contribution in [-0.4, -0.2) is 21.6 Å². The van der Waals surface area contributed by atoms with Crippen molar-refractivity contribution in [3.8, 4) is 0 Å². The Morgan fingerprint density at radius 3 is 2.60 bits per heavy atom. The van der Waals surface area contributed by atoms with Gasteiger partial charge in [-0.2, -0.15) is 5.10 Å². The Morgan fingerprint density at radius 2 is 2.00 bits per heavy atom. The Balaban J connectivity index is 1.98. The van der Waals surface area contributed by atoms with Crippen LogP contribution in [0.5, 0.6) is 0 Å². The molecule has 0 radical (unpaired) electrons. The van der Waals surface area contributed by atoms with Gasteiger partial charge in [0.15, 0.2) is 0 Å². The lowest BCUT2D eigenvalue weighted by Crippen LogP contribution is -2.19. The van der Waals surface area contributed by atoms with Crippen LogP contribution in [0.25, 0.3) is 0 Å². The normalized spacial score (nSPS) is 10.1. The van der Waals surface area contributed by atoms with Crippen molar-refractivity contribution in [1.29, 1.82) is 0 Å². The molecule has 20 heavy (non-hydrogen) atoms. The molecule has 0 atom stereocenters. The number of amides is 2. The third-order valence-electron chi connectivity index (χ3n) is 2.43. The first kappa shape index (κ1) is 13.6. The van der Waals surface area contributed by atoms with Gasteiger partial charge in [0.05, 0.1) is 11.9 Å². The van der Waals surface area contributed by atoms with E-state index in [-0.39, 0.29) is 18.4 Å². The number of nitrogen functional groups attached to an aromatic ring is 1. The zero-order chi connectivity index (χ0) is 14.5. The third-order valence-corrected chi connectivity index (χ3v) is 2.43. The molecular formula is C13H15N5O2. The molecule has 0 saturated heterocycles. The van der Waals surface area contributed by atoms with Crippen molar-refractivity contribution in [2.75, 3.05) is 16.4 Å². The number of carbonyl (C=O) groups is 2. The van der Waals surface area contributed by atoms with Crippen molar-refractivity contribution in [3.05, 3.63) is 36.7 Å². The average molecular weight is 273 g/mol. The molecule has 7 heteroatoms. The molecule has 0 aliphatic heterocycles. The number of nitrogens with two attached hydrogens (primary N) is 1. The molecular weight excluding hydrogens is 258 g/mol. The Morgan fingerprint density at radius 1 is 1.30 bits per heavy atom. The molecule has 0 saturated carbocycles. The Bertz CT molecular complexity index is 635. The van der Waals surface area contributed by atoms with E-state index in [2.05, 4.69) is 15.7 Å². The van der Waals surface area contributed by atoms with Crippen molar-refractivity contribution in [2.24, 2.45) is 0 Å². The number of nitrogens with zero attached hydrogens (tertiary/aromatic N) is 2. The summed E-state index contributed by atoms with van der Waals surface area (Å²) in [6.45, 7) is 1.49. The molecule has 1 aromatic heterocycles. The molecule has 2 rings (SSSR count). The number of anilines is 3. The molecule has 4 N–H and O–H groups in total. The average Bonchev–Trinajstić information content (AvgIpc) is 2.74. The van der Waals surface area contributed by atoms with Crippen molar-refractivity contribution >= 4 is 28.9 Å². The summed E-state index contributed by atoms with van der Waals surface area (Å²) in [4.78, 5) is 22.8. The van der Waals surface area contributed by atoms with Crippen LogP contribution < -0.4 is 16.4 Å². The van der Waals surface area contributed by atoms with Gasteiger partial charge in [0.25, 0.3) is 0 Å². The predicted octanol–water partition coefficient (Wildman–Crippen LogP) is 1.06. The summed E-state index contributed by atoms with van der Waals surface area (Å²) in [6, 6.07) is 6.90. The minimum Gasteiger partial charge on any atom is -0.396 e. The highest BCUT2D eigenvalue weighted by Crippen LogP contribution is 2.15. The zero-order valence-electron chi connectivity index (χ0n) is 11.0. The van der Waals surface area contributed by atoms with Gasteiger partial charge in [-0.05, 0) is 18.2 Å². The van der Waals surface area contributed by atoms with E-state index in [1.54, 1.807) is 30.5 Å². The standard InChI is InChI=1S/C13H15N5O2/c1-9(19)16-11-3-2-4-12(5-11)17-13(20)8-18-7-10(14)6-15-18/h2-7H,8,14H2,1H3,(H,16,19)(H,17,20). The zero-order valence-corrected chi connectivity index (χ0v) is 11.0. The number of benzene rings is 1. The maximum Gasteiger partial charge on any atom is 0.246 e. The van der Waals surface area contributed by atoms with Crippen LogP contribution in [0.2, 0.25) is 0 Å². The van der Waals surface area contributed by atoms with E-state index in [0.29, 0.717) is 17.1 Å². The predicted molar refractivity (Wildman–Crippen MR) is 76.0 cm³/mol. The Hall–Kier alpha value is -2.83. The molecule has 1 aromatic carbocycles. The van der Waals surface area contributed by atoms with Gasteiger partial charge >= 0.3 is 0 Å². The summed E-state index contributed by atoms with van der Waals surface area (Å²) in [7, 11) is 0. The van der Waals surface area contributed by atoms with Gasteiger partial charge in [0.1, 0.15) is 6.54 Å². The number of rotatable bonds is 4. The molecule has 7 nitrogen and oxygen atoms in total. The number of aromatic nitrogens is 2. The molecule has 104 valence electrons. The molecule has 0 bridgehead atoms. The Kier molecular flexibility index (Phi) is 3.99. The van der Waals surface area contributed by atoms with Crippen LogP contribution in [0.4, 0.5) is 17.1 Å². The van der Waals surface area contributed by atoms with Gasteiger partial charge in [-0.1, -0.05) is 6.07 Å². The quantitative estimate of drug-likeness (QED) is 0.775. The first-order valence-corrected chi connectivity index (χ1v) is 5.98. The third kappa shape index (κ3) is 3.84. The number of carbonyl (C=O) groups excluding carboxylic acids is 2. The molecule has 0 unspecified atom stereocenters. The second-order valence-electron chi connectivity index (χ2n) is 4.28. The SMILES string of the molecule is CC(=O)Nc1cccc(NC(=O)Cn2cc(N)cn2)c1. The number of nitrogens with one attached hydrogen (secondary N) is 2. The highest BCUT2D eigenvalue weighted by Gasteiger charge is 2.05. The van der Waals surface area contributed by atoms with E-state index in [9.17, 15) is 9.59 Å². The molecule has 0 aliphatic carbocycles. The highest BCUT2D eigenvalue weighted by molar-refractivity contribution is 5.93. The lowest BCUT2D eigenvalue weighted by molar-refractivity contribution is -0.117. The van der Waals surface area contributed by atoms with E-state index in [1.807, 2.05) is 0 Å². The number of hydrogen-bond donors (Lipinski definition) is 3.